The van der Waals surface area contributed by atoms with E-state index < -0.39 is 5.97 Å². The topological polar surface area (TPSA) is 78.0 Å². The van der Waals surface area contributed by atoms with Crippen LogP contribution >= 0.6 is 0 Å². The van der Waals surface area contributed by atoms with Gasteiger partial charge in [0.15, 0.2) is 0 Å². The Morgan fingerprint density at radius 2 is 1.76 bits per heavy atom. The molecule has 0 saturated carbocycles. The summed E-state index contributed by atoms with van der Waals surface area (Å²) in [5, 5.41) is 10.8. The quantitative estimate of drug-likeness (QED) is 0.231. The molecule has 1 fully saturated rings. The van der Waals surface area contributed by atoms with Crippen LogP contribution in [0.25, 0.3) is 16.5 Å². The lowest BCUT2D eigenvalue weighted by Crippen LogP contribution is -2.47. The molecule has 1 aliphatic carbocycles. The van der Waals surface area contributed by atoms with Gasteiger partial charge in [-0.05, 0) is 78.3 Å². The maximum absolute atomic E-state index is 12.0. The smallest absolute Gasteiger partial charge is 0.339 e. The van der Waals surface area contributed by atoms with Crippen molar-refractivity contribution in [3.05, 3.63) is 89.6 Å². The van der Waals surface area contributed by atoms with E-state index in [1.54, 1.807) is 18.7 Å². The molecule has 0 spiro atoms. The maximum atomic E-state index is 12.0. The zero-order valence-electron chi connectivity index (χ0n) is 24.7. The summed E-state index contributed by atoms with van der Waals surface area (Å²) in [6.07, 6.45) is 5.27. The van der Waals surface area contributed by atoms with E-state index in [2.05, 4.69) is 52.9 Å². The number of hydrogen-bond donors (Lipinski definition) is 2. The molecular weight excluding hydrogens is 526 g/mol. The molecule has 2 heterocycles. The van der Waals surface area contributed by atoms with Gasteiger partial charge in [0.05, 0.1) is 7.11 Å². The number of fused-ring (bicyclic) bond motifs is 1. The van der Waals surface area contributed by atoms with Crippen molar-refractivity contribution in [2.24, 2.45) is 5.41 Å². The molecule has 218 valence electrons. The number of carboxylic acid groups (broad SMARTS) is 1. The second-order valence-corrected chi connectivity index (χ2v) is 12.2. The van der Waals surface area contributed by atoms with Crippen LogP contribution in [0.5, 0.6) is 17.2 Å². The van der Waals surface area contributed by atoms with Gasteiger partial charge in [-0.3, -0.25) is 4.90 Å². The minimum atomic E-state index is -1.00. The van der Waals surface area contributed by atoms with Gasteiger partial charge in [0.2, 0.25) is 0 Å². The average Bonchev–Trinajstić information content (AvgIpc) is 3.48. The summed E-state index contributed by atoms with van der Waals surface area (Å²) in [6, 6.07) is 21.6. The number of aromatic nitrogens is 1. The number of nitrogens with one attached hydrogen (secondary N) is 1. The van der Waals surface area contributed by atoms with Crippen molar-refractivity contribution in [3.8, 4) is 17.2 Å². The molecule has 1 aromatic heterocycles. The summed E-state index contributed by atoms with van der Waals surface area (Å²) in [6.45, 7) is 9.37. The number of allylic oxidation sites excluding steroid dienone is 1. The highest BCUT2D eigenvalue weighted by Crippen LogP contribution is 2.43. The van der Waals surface area contributed by atoms with Crippen molar-refractivity contribution in [1.29, 1.82) is 0 Å². The number of aromatic carboxylic acids is 1. The van der Waals surface area contributed by atoms with E-state index in [0.717, 1.165) is 67.9 Å². The molecule has 2 N–H and O–H groups in total. The number of carbonyl (C=O) groups is 1. The first-order valence-electron chi connectivity index (χ1n) is 14.7. The van der Waals surface area contributed by atoms with Crippen LogP contribution in [-0.4, -0.2) is 60.8 Å². The number of H-pyrrole nitrogens is 1. The molecule has 3 aromatic carbocycles. The molecule has 1 saturated heterocycles. The van der Waals surface area contributed by atoms with Gasteiger partial charge in [0.1, 0.15) is 22.8 Å². The van der Waals surface area contributed by atoms with E-state index in [0.29, 0.717) is 16.9 Å². The van der Waals surface area contributed by atoms with Crippen LogP contribution in [0, 0.1) is 5.41 Å². The molecule has 0 atom stereocenters. The van der Waals surface area contributed by atoms with Crippen molar-refractivity contribution < 1.29 is 19.4 Å². The number of rotatable bonds is 8. The highest BCUT2D eigenvalue weighted by atomic mass is 16.5. The van der Waals surface area contributed by atoms with Crippen molar-refractivity contribution in [2.75, 3.05) is 44.7 Å². The van der Waals surface area contributed by atoms with Gasteiger partial charge in [0.25, 0.3) is 0 Å². The highest BCUT2D eigenvalue weighted by Gasteiger charge is 2.29. The van der Waals surface area contributed by atoms with E-state index in [1.807, 2.05) is 42.6 Å². The molecule has 7 nitrogen and oxygen atoms in total. The minimum Gasteiger partial charge on any atom is -0.497 e. The molecule has 2 aliphatic rings. The fourth-order valence-corrected chi connectivity index (χ4v) is 6.27. The molecule has 42 heavy (non-hydrogen) atoms. The van der Waals surface area contributed by atoms with Crippen LogP contribution in [0.4, 0.5) is 5.69 Å². The van der Waals surface area contributed by atoms with Gasteiger partial charge in [-0.15, -0.1) is 0 Å². The van der Waals surface area contributed by atoms with Gasteiger partial charge in [0, 0.05) is 61.6 Å². The number of hydrogen-bond acceptors (Lipinski definition) is 5. The number of carboxylic acids is 1. The molecule has 0 amide bonds. The van der Waals surface area contributed by atoms with Crippen LogP contribution in [0.3, 0.4) is 0 Å². The number of benzene rings is 3. The second kappa shape index (κ2) is 11.6. The van der Waals surface area contributed by atoms with Crippen molar-refractivity contribution in [1.82, 2.24) is 9.88 Å². The minimum absolute atomic E-state index is 0.156. The van der Waals surface area contributed by atoms with Crippen LogP contribution in [0.2, 0.25) is 0 Å². The first-order valence-corrected chi connectivity index (χ1v) is 14.7. The fraction of sp³-hybridized carbons (Fsp3) is 0.343. The first-order chi connectivity index (χ1) is 20.3. The van der Waals surface area contributed by atoms with Gasteiger partial charge >= 0.3 is 5.97 Å². The predicted octanol–water partition coefficient (Wildman–Crippen LogP) is 7.45. The molecule has 1 aliphatic heterocycles. The van der Waals surface area contributed by atoms with Crippen molar-refractivity contribution in [3.63, 3.8) is 0 Å². The number of piperazine rings is 1. The van der Waals surface area contributed by atoms with E-state index in [-0.39, 0.29) is 5.56 Å². The first kappa shape index (κ1) is 27.9. The number of nitrogens with zero attached hydrogens (tertiary/aromatic N) is 2. The Morgan fingerprint density at radius 1 is 0.976 bits per heavy atom. The Morgan fingerprint density at radius 3 is 2.50 bits per heavy atom. The summed E-state index contributed by atoms with van der Waals surface area (Å²) in [4.78, 5) is 20.1. The van der Waals surface area contributed by atoms with Crippen LogP contribution in [-0.2, 0) is 0 Å². The van der Waals surface area contributed by atoms with Gasteiger partial charge in [-0.2, -0.15) is 0 Å². The molecule has 0 radical (unpaired) electrons. The third-order valence-corrected chi connectivity index (χ3v) is 8.75. The predicted molar refractivity (Wildman–Crippen MR) is 168 cm³/mol. The van der Waals surface area contributed by atoms with Crippen LogP contribution in [0.1, 0.15) is 49.0 Å². The zero-order chi connectivity index (χ0) is 29.3. The second-order valence-electron chi connectivity index (χ2n) is 12.2. The SMILES string of the molecule is COc1ccc(C2=C(CN3CCN(c4ccc(C(=O)O)c(Oc5cccc6[nH]ccc56)c4)CC3)CCC(C)(C)C2)cc1. The summed E-state index contributed by atoms with van der Waals surface area (Å²) in [7, 11) is 1.71. The van der Waals surface area contributed by atoms with Crippen LogP contribution < -0.4 is 14.4 Å². The lowest BCUT2D eigenvalue weighted by atomic mass is 9.72. The Hall–Kier alpha value is -4.23. The summed E-state index contributed by atoms with van der Waals surface area (Å²) in [5.74, 6) is 0.878. The Balaban J connectivity index is 1.18. The largest absolute Gasteiger partial charge is 0.497 e. The number of aromatic amines is 1. The van der Waals surface area contributed by atoms with Gasteiger partial charge in [-0.1, -0.05) is 37.6 Å². The monoisotopic (exact) mass is 565 g/mol. The van der Waals surface area contributed by atoms with E-state index in [1.165, 1.54) is 17.6 Å². The molecule has 7 heteroatoms. The molecule has 4 aromatic rings. The Labute approximate surface area is 247 Å². The van der Waals surface area contributed by atoms with Crippen molar-refractivity contribution >= 4 is 28.1 Å². The normalized spacial score (nSPS) is 17.5. The summed E-state index contributed by atoms with van der Waals surface area (Å²) >= 11 is 0. The summed E-state index contributed by atoms with van der Waals surface area (Å²) < 4.78 is 11.6. The van der Waals surface area contributed by atoms with Gasteiger partial charge < -0.3 is 24.5 Å². The average molecular weight is 566 g/mol. The lowest BCUT2D eigenvalue weighted by molar-refractivity contribution is 0.0694. The molecule has 0 unspecified atom stereocenters. The number of anilines is 1. The number of ether oxygens (including phenoxy) is 2. The van der Waals surface area contributed by atoms with Gasteiger partial charge in [-0.25, -0.2) is 4.79 Å². The van der Waals surface area contributed by atoms with E-state index in [9.17, 15) is 9.90 Å². The molecule has 0 bridgehead atoms. The standard InChI is InChI=1S/C35H39N3O4/c1-35(2)15-13-25(30(22-35)24-7-10-27(41-3)11-8-24)23-37-17-19-38(20-18-37)26-9-12-29(34(39)40)33(21-26)42-32-6-4-5-31-28(32)14-16-36-31/h4-12,14,16,21,36H,13,15,17-20,22-23H2,1-3H3,(H,39,40). The summed E-state index contributed by atoms with van der Waals surface area (Å²) in [5.41, 5.74) is 6.72. The third kappa shape index (κ3) is 5.88. The zero-order valence-corrected chi connectivity index (χ0v) is 24.7. The number of methoxy groups -OCH3 is 1. The van der Waals surface area contributed by atoms with Crippen molar-refractivity contribution in [2.45, 2.75) is 33.1 Å². The Kier molecular flexibility index (Phi) is 7.69. The molecule has 6 rings (SSSR count). The lowest BCUT2D eigenvalue weighted by Gasteiger charge is -2.39. The maximum Gasteiger partial charge on any atom is 0.339 e. The molecular formula is C35H39N3O4. The van der Waals surface area contributed by atoms with Crippen LogP contribution in [0.15, 0.2) is 78.5 Å². The Bertz CT molecular complexity index is 1610. The van der Waals surface area contributed by atoms with E-state index in [4.69, 9.17) is 9.47 Å². The third-order valence-electron chi connectivity index (χ3n) is 8.75. The highest BCUT2D eigenvalue weighted by molar-refractivity contribution is 5.92. The van der Waals surface area contributed by atoms with E-state index >= 15 is 0 Å². The fourth-order valence-electron chi connectivity index (χ4n) is 6.27.